The van der Waals surface area contributed by atoms with Gasteiger partial charge in [0.25, 0.3) is 0 Å². The second-order valence-corrected chi connectivity index (χ2v) is 0. The average molecular weight is 142 g/mol. The quantitative estimate of drug-likeness (QED) is 0.458. The molecule has 0 aromatic carbocycles. The van der Waals surface area contributed by atoms with E-state index in [1.54, 1.807) is 0 Å². The van der Waals surface area contributed by atoms with Crippen molar-refractivity contribution in [2.45, 2.75) is 0 Å². The van der Waals surface area contributed by atoms with Crippen LogP contribution < -0.4 is 6.15 Å². The maximum absolute atomic E-state index is 0. The molecule has 0 aromatic rings. The Balaban J connectivity index is 0. The molecule has 0 heterocycles. The van der Waals surface area contributed by atoms with Crippen LogP contribution in [0.15, 0.2) is 0 Å². The molecule has 0 unspecified atom stereocenters. The first-order chi connectivity index (χ1) is 0. The van der Waals surface area contributed by atoms with E-state index in [0.29, 0.717) is 0 Å². The van der Waals surface area contributed by atoms with Gasteiger partial charge in [-0.15, -0.1) is 0 Å². The summed E-state index contributed by atoms with van der Waals surface area (Å²) in [4.78, 5) is 0. The van der Waals surface area contributed by atoms with Crippen LogP contribution >= 0.6 is 0 Å². The van der Waals surface area contributed by atoms with Crippen molar-refractivity contribution in [3.8, 4) is 0 Å². The number of quaternary nitrogens is 1. The molecule has 0 aromatic heterocycles. The summed E-state index contributed by atoms with van der Waals surface area (Å²) >= 11 is 0. The van der Waals surface area contributed by atoms with Gasteiger partial charge in [-0.1, -0.05) is 0 Å². The van der Waals surface area contributed by atoms with Crippen molar-refractivity contribution in [1.82, 2.24) is 6.15 Å². The van der Waals surface area contributed by atoms with Gasteiger partial charge in [0.2, 0.25) is 0 Å². The summed E-state index contributed by atoms with van der Waals surface area (Å²) in [6.07, 6.45) is 0. The molecule has 0 amide bonds. The first-order valence-corrected chi connectivity index (χ1v) is 0. The van der Waals surface area contributed by atoms with Gasteiger partial charge in [-0.2, -0.15) is 0 Å². The molecule has 0 fully saturated rings. The number of hydrogen-bond donors (Lipinski definition) is 1. The van der Waals surface area contributed by atoms with Crippen LogP contribution in [0.5, 0.6) is 0 Å². The van der Waals surface area contributed by atoms with Gasteiger partial charge in [0, 0.05) is 0 Å². The molecule has 45 valence electrons. The molecule has 1 radical (unpaired) electrons. The summed E-state index contributed by atoms with van der Waals surface area (Å²) < 4.78 is 0. The molecule has 0 spiro atoms. The van der Waals surface area contributed by atoms with Gasteiger partial charge < -0.3 is 28.1 Å². The summed E-state index contributed by atoms with van der Waals surface area (Å²) in [5.41, 5.74) is 0. The van der Waals surface area contributed by atoms with Crippen LogP contribution in [0.4, 0.5) is 0 Å². The Hall–Kier alpha value is 0.319. The normalized spacial score (nSPS) is 0. The van der Waals surface area contributed by atoms with Crippen LogP contribution in [0.1, 0.15) is 0 Å². The molecule has 0 rings (SSSR count). The summed E-state index contributed by atoms with van der Waals surface area (Å²) in [6, 6.07) is 0. The Morgan fingerprint density at radius 1 is 0.500 bits per heavy atom. The van der Waals surface area contributed by atoms with Crippen molar-refractivity contribution in [1.29, 1.82) is 0 Å². The Bertz CT molecular complexity index is 7.51. The first-order valence-electron chi connectivity index (χ1n) is 0. The van der Waals surface area contributed by atoms with E-state index in [4.69, 9.17) is 0 Å². The minimum Gasteiger partial charge on any atom is -0.870 e. The van der Waals surface area contributed by atoms with Crippen molar-refractivity contribution in [2.24, 2.45) is 0 Å². The molecule has 5 nitrogen and oxygen atoms in total. The minimum atomic E-state index is 0. The van der Waals surface area contributed by atoms with E-state index in [9.17, 15) is 0 Å². The zero-order valence-corrected chi connectivity index (χ0v) is 4.25. The fourth-order valence-electron chi connectivity index (χ4n) is 0. The van der Waals surface area contributed by atoms with Crippen LogP contribution in [-0.2, 0) is 17.1 Å². The zero-order chi connectivity index (χ0) is 0. The second kappa shape index (κ2) is 972. The first kappa shape index (κ1) is 1750. The third-order valence-corrected chi connectivity index (χ3v) is 0. The molecular weight excluding hydrogens is 134 g/mol. The van der Waals surface area contributed by atoms with E-state index < -0.39 is 0 Å². The molecule has 0 bridgehead atoms. The predicted molar refractivity (Wildman–Crippen MR) is 13.7 cm³/mol. The van der Waals surface area contributed by atoms with E-state index in [-0.39, 0.29) is 45.1 Å². The van der Waals surface area contributed by atoms with E-state index in [0.717, 1.165) is 0 Å². The van der Waals surface area contributed by atoms with Crippen molar-refractivity contribution in [3.63, 3.8) is 0 Å². The van der Waals surface area contributed by atoms with Crippen LogP contribution in [0.2, 0.25) is 0 Å². The fourth-order valence-corrected chi connectivity index (χ4v) is 0. The molecule has 0 saturated carbocycles. The van der Waals surface area contributed by atoms with Gasteiger partial charge in [-0.25, -0.2) is 0 Å². The van der Waals surface area contributed by atoms with Crippen LogP contribution in [-0.4, -0.2) is 21.9 Å². The Labute approximate surface area is 46.0 Å². The summed E-state index contributed by atoms with van der Waals surface area (Å²) in [6.45, 7) is 0. The Morgan fingerprint density at radius 3 is 0.500 bits per heavy atom. The standard InChI is InChI=1S/Fe.H3N.4H2O/h;1H3;4*1H2/q+3;;;;;/p-3. The minimum absolute atomic E-state index is 0. The molecule has 0 aliphatic rings. The third-order valence-electron chi connectivity index (χ3n) is 0. The van der Waals surface area contributed by atoms with E-state index >= 15 is 0 Å². The number of hydrogen-bond acceptors (Lipinski definition) is 4. The van der Waals surface area contributed by atoms with Gasteiger partial charge in [-0.3, -0.25) is 0 Å². The van der Waals surface area contributed by atoms with E-state index in [2.05, 4.69) is 0 Å². The van der Waals surface area contributed by atoms with Gasteiger partial charge in [0.1, 0.15) is 0 Å². The summed E-state index contributed by atoms with van der Waals surface area (Å²) in [5, 5.41) is 0. The maximum Gasteiger partial charge on any atom is 3.00 e. The van der Waals surface area contributed by atoms with Gasteiger partial charge in [-0.05, 0) is 0 Å². The van der Waals surface area contributed by atoms with Crippen molar-refractivity contribution < 1.29 is 39.0 Å². The molecule has 0 aliphatic heterocycles. The van der Waals surface area contributed by atoms with E-state index in [1.165, 1.54) is 0 Å². The van der Waals surface area contributed by atoms with Gasteiger partial charge >= 0.3 is 17.1 Å². The monoisotopic (exact) mass is 142 g/mol. The van der Waals surface area contributed by atoms with Gasteiger partial charge in [0.05, 0.1) is 0 Å². The predicted octanol–water partition coefficient (Wildman–Crippen LogP) is -0.334. The van der Waals surface area contributed by atoms with Crippen molar-refractivity contribution in [3.05, 3.63) is 0 Å². The Morgan fingerprint density at radius 2 is 0.500 bits per heavy atom. The molecule has 0 saturated heterocycles. The van der Waals surface area contributed by atoms with E-state index in [1.807, 2.05) is 0 Å². The zero-order valence-electron chi connectivity index (χ0n) is 3.14. The smallest absolute Gasteiger partial charge is 0.870 e. The third kappa shape index (κ3) is 466. The van der Waals surface area contributed by atoms with Gasteiger partial charge in [0.15, 0.2) is 0 Å². The molecule has 0 atom stereocenters. The van der Waals surface area contributed by atoms with Crippen molar-refractivity contribution in [2.75, 3.05) is 0 Å². The topological polar surface area (TPSA) is 156 Å². The SMILES string of the molecule is [Fe+3].[NH4+].[OH-].[OH-].[OH-].[OH-]. The second-order valence-electron chi connectivity index (χ2n) is 0. The summed E-state index contributed by atoms with van der Waals surface area (Å²) in [7, 11) is 0. The Kier molecular flexibility index (Phi) is 284000. The maximum atomic E-state index is 0. The van der Waals surface area contributed by atoms with Crippen LogP contribution in [0.3, 0.4) is 0 Å². The van der Waals surface area contributed by atoms with Crippen LogP contribution in [0.25, 0.3) is 0 Å². The number of rotatable bonds is 0. The largest absolute Gasteiger partial charge is 3.00 e. The molecular formula is H8FeNO4. The molecule has 6 heteroatoms. The fraction of sp³-hybridized carbons (Fsp3) is 0. The van der Waals surface area contributed by atoms with Crippen molar-refractivity contribution >= 4 is 0 Å². The average Bonchev–Trinajstić information content (AvgIpc) is 0. The van der Waals surface area contributed by atoms with Crippen LogP contribution in [0, 0.1) is 0 Å². The molecule has 6 heavy (non-hydrogen) atoms. The summed E-state index contributed by atoms with van der Waals surface area (Å²) in [5.74, 6) is 0. The molecule has 8 N–H and O–H groups in total. The molecule has 0 aliphatic carbocycles.